The molecule has 0 aromatic carbocycles. The summed E-state index contributed by atoms with van der Waals surface area (Å²) in [7, 11) is -0.793. The Labute approximate surface area is 99.9 Å². The van der Waals surface area contributed by atoms with Crippen molar-refractivity contribution in [3.63, 3.8) is 0 Å². The standard InChI is InChI=1S/C12H25NO2S/c1-3-16(14,15)10-9-11-7-5-4-6-8-12(11)13-2/h11-13H,3-10H2,1-2H3. The van der Waals surface area contributed by atoms with Crippen LogP contribution >= 0.6 is 0 Å². The average Bonchev–Trinajstić information content (AvgIpc) is 2.51. The van der Waals surface area contributed by atoms with Gasteiger partial charge in [-0.05, 0) is 32.2 Å². The van der Waals surface area contributed by atoms with Crippen LogP contribution < -0.4 is 5.32 Å². The SMILES string of the molecule is CCS(=O)(=O)CCC1CCCCCC1NC. The van der Waals surface area contributed by atoms with E-state index in [1.54, 1.807) is 6.92 Å². The van der Waals surface area contributed by atoms with Crippen LogP contribution in [0.3, 0.4) is 0 Å². The molecule has 1 rings (SSSR count). The predicted octanol–water partition coefficient (Wildman–Crippen LogP) is 1.98. The van der Waals surface area contributed by atoms with E-state index in [0.717, 1.165) is 6.42 Å². The first-order valence-corrected chi connectivity index (χ1v) is 8.29. The zero-order valence-corrected chi connectivity index (χ0v) is 11.4. The van der Waals surface area contributed by atoms with Gasteiger partial charge in [-0.15, -0.1) is 0 Å². The van der Waals surface area contributed by atoms with Crippen LogP contribution in [0.1, 0.15) is 45.4 Å². The molecule has 4 heteroatoms. The highest BCUT2D eigenvalue weighted by molar-refractivity contribution is 7.91. The molecule has 1 aliphatic carbocycles. The maximum atomic E-state index is 11.5. The van der Waals surface area contributed by atoms with Gasteiger partial charge in [0, 0.05) is 11.8 Å². The topological polar surface area (TPSA) is 46.2 Å². The van der Waals surface area contributed by atoms with Gasteiger partial charge in [0.1, 0.15) is 9.84 Å². The van der Waals surface area contributed by atoms with Crippen molar-refractivity contribution in [2.24, 2.45) is 5.92 Å². The molecule has 0 radical (unpaired) electrons. The van der Waals surface area contributed by atoms with Gasteiger partial charge in [0.2, 0.25) is 0 Å². The molecule has 96 valence electrons. The fraction of sp³-hybridized carbons (Fsp3) is 1.00. The molecule has 0 spiro atoms. The van der Waals surface area contributed by atoms with Crippen molar-refractivity contribution in [1.29, 1.82) is 0 Å². The molecule has 0 heterocycles. The minimum Gasteiger partial charge on any atom is -0.317 e. The Hall–Kier alpha value is -0.0900. The maximum absolute atomic E-state index is 11.5. The number of nitrogens with one attached hydrogen (secondary N) is 1. The van der Waals surface area contributed by atoms with Crippen LogP contribution in [0.15, 0.2) is 0 Å². The van der Waals surface area contributed by atoms with E-state index in [0.29, 0.717) is 17.7 Å². The molecule has 2 unspecified atom stereocenters. The Morgan fingerprint density at radius 2 is 1.88 bits per heavy atom. The van der Waals surface area contributed by atoms with Crippen LogP contribution in [0.2, 0.25) is 0 Å². The largest absolute Gasteiger partial charge is 0.317 e. The molecule has 0 saturated heterocycles. The second kappa shape index (κ2) is 6.60. The summed E-state index contributed by atoms with van der Waals surface area (Å²) in [6, 6.07) is 0.523. The Morgan fingerprint density at radius 3 is 2.50 bits per heavy atom. The molecule has 0 bridgehead atoms. The summed E-state index contributed by atoms with van der Waals surface area (Å²) >= 11 is 0. The van der Waals surface area contributed by atoms with Crippen molar-refractivity contribution in [2.45, 2.75) is 51.5 Å². The minimum atomic E-state index is -2.79. The van der Waals surface area contributed by atoms with Gasteiger partial charge in [0.25, 0.3) is 0 Å². The Morgan fingerprint density at radius 1 is 1.19 bits per heavy atom. The molecule has 1 fully saturated rings. The summed E-state index contributed by atoms with van der Waals surface area (Å²) in [6.45, 7) is 1.73. The smallest absolute Gasteiger partial charge is 0.150 e. The zero-order chi connectivity index (χ0) is 12.0. The fourth-order valence-electron chi connectivity index (χ4n) is 2.59. The molecule has 3 nitrogen and oxygen atoms in total. The molecule has 16 heavy (non-hydrogen) atoms. The number of hydrogen-bond donors (Lipinski definition) is 1. The molecule has 1 saturated carbocycles. The predicted molar refractivity (Wildman–Crippen MR) is 68.4 cm³/mol. The van der Waals surface area contributed by atoms with Crippen LogP contribution in [0.4, 0.5) is 0 Å². The van der Waals surface area contributed by atoms with E-state index in [1.165, 1.54) is 32.1 Å². The lowest BCUT2D eigenvalue weighted by Gasteiger charge is -2.24. The molecule has 2 atom stereocenters. The summed E-state index contributed by atoms with van der Waals surface area (Å²) in [6.07, 6.45) is 7.06. The van der Waals surface area contributed by atoms with E-state index >= 15 is 0 Å². The third-order valence-corrected chi connectivity index (χ3v) is 5.51. The molecule has 0 aromatic rings. The van der Waals surface area contributed by atoms with Gasteiger partial charge in [0.15, 0.2) is 0 Å². The van der Waals surface area contributed by atoms with Gasteiger partial charge in [-0.25, -0.2) is 8.42 Å². The van der Waals surface area contributed by atoms with Crippen LogP contribution in [-0.4, -0.2) is 33.0 Å². The fourth-order valence-corrected chi connectivity index (χ4v) is 3.54. The minimum absolute atomic E-state index is 0.282. The van der Waals surface area contributed by atoms with Gasteiger partial charge in [0.05, 0.1) is 5.75 Å². The quantitative estimate of drug-likeness (QED) is 0.756. The van der Waals surface area contributed by atoms with E-state index in [4.69, 9.17) is 0 Å². The molecule has 1 N–H and O–H groups in total. The third-order valence-electron chi connectivity index (χ3n) is 3.77. The van der Waals surface area contributed by atoms with Crippen molar-refractivity contribution in [1.82, 2.24) is 5.32 Å². The molecule has 1 aliphatic rings. The number of sulfone groups is 1. The average molecular weight is 247 g/mol. The van der Waals surface area contributed by atoms with Crippen LogP contribution in [0.25, 0.3) is 0 Å². The molecular weight excluding hydrogens is 222 g/mol. The van der Waals surface area contributed by atoms with E-state index in [-0.39, 0.29) is 5.75 Å². The summed E-state index contributed by atoms with van der Waals surface area (Å²) in [5.41, 5.74) is 0. The van der Waals surface area contributed by atoms with Gasteiger partial charge in [-0.3, -0.25) is 0 Å². The number of rotatable bonds is 5. The number of hydrogen-bond acceptors (Lipinski definition) is 3. The second-order valence-corrected chi connectivity index (χ2v) is 7.29. The van der Waals surface area contributed by atoms with E-state index in [2.05, 4.69) is 5.32 Å². The van der Waals surface area contributed by atoms with E-state index in [1.807, 2.05) is 7.05 Å². The lowest BCUT2D eigenvalue weighted by Crippen LogP contribution is -2.33. The van der Waals surface area contributed by atoms with Crippen molar-refractivity contribution < 1.29 is 8.42 Å². The third kappa shape index (κ3) is 4.42. The highest BCUT2D eigenvalue weighted by Gasteiger charge is 2.23. The van der Waals surface area contributed by atoms with Gasteiger partial charge in [-0.1, -0.05) is 26.2 Å². The Bertz CT molecular complexity index is 287. The Balaban J connectivity index is 2.49. The first-order chi connectivity index (χ1) is 7.59. The molecule has 0 aromatic heterocycles. The van der Waals surface area contributed by atoms with Crippen LogP contribution in [0.5, 0.6) is 0 Å². The highest BCUT2D eigenvalue weighted by Crippen LogP contribution is 2.26. The van der Waals surface area contributed by atoms with Crippen molar-refractivity contribution in [3.8, 4) is 0 Å². The van der Waals surface area contributed by atoms with Crippen molar-refractivity contribution in [3.05, 3.63) is 0 Å². The second-order valence-electron chi connectivity index (χ2n) is 4.82. The van der Waals surface area contributed by atoms with E-state index < -0.39 is 9.84 Å². The lowest BCUT2D eigenvalue weighted by molar-refractivity contribution is 0.343. The summed E-state index contributed by atoms with van der Waals surface area (Å²) in [4.78, 5) is 0. The lowest BCUT2D eigenvalue weighted by atomic mass is 9.92. The summed E-state index contributed by atoms with van der Waals surface area (Å²) < 4.78 is 23.0. The van der Waals surface area contributed by atoms with Gasteiger partial charge < -0.3 is 5.32 Å². The first kappa shape index (κ1) is 14.0. The van der Waals surface area contributed by atoms with E-state index in [9.17, 15) is 8.42 Å². The molecule has 0 amide bonds. The summed E-state index contributed by atoms with van der Waals surface area (Å²) in [5, 5.41) is 3.35. The monoisotopic (exact) mass is 247 g/mol. The van der Waals surface area contributed by atoms with Crippen molar-refractivity contribution >= 4 is 9.84 Å². The normalized spacial score (nSPS) is 27.6. The summed E-state index contributed by atoms with van der Waals surface area (Å²) in [5.74, 6) is 1.20. The van der Waals surface area contributed by atoms with Crippen LogP contribution in [-0.2, 0) is 9.84 Å². The van der Waals surface area contributed by atoms with Gasteiger partial charge in [-0.2, -0.15) is 0 Å². The molecular formula is C12H25NO2S. The maximum Gasteiger partial charge on any atom is 0.150 e. The zero-order valence-electron chi connectivity index (χ0n) is 10.5. The molecule has 0 aliphatic heterocycles. The van der Waals surface area contributed by atoms with Crippen molar-refractivity contribution in [2.75, 3.05) is 18.6 Å². The Kier molecular flexibility index (Phi) is 5.76. The van der Waals surface area contributed by atoms with Gasteiger partial charge >= 0.3 is 0 Å². The highest BCUT2D eigenvalue weighted by atomic mass is 32.2. The first-order valence-electron chi connectivity index (χ1n) is 6.46. The van der Waals surface area contributed by atoms with Crippen LogP contribution in [0, 0.1) is 5.92 Å².